The molecule has 10 nitrogen and oxygen atoms in total. The van der Waals surface area contributed by atoms with E-state index in [0.29, 0.717) is 6.07 Å². The summed E-state index contributed by atoms with van der Waals surface area (Å²) in [6.45, 7) is 1.26. The van der Waals surface area contributed by atoms with Gasteiger partial charge in [-0.15, -0.1) is 0 Å². The van der Waals surface area contributed by atoms with Crippen molar-refractivity contribution >= 4 is 7.82 Å². The molecular formula is C16H15F3K2N5O5P. The van der Waals surface area contributed by atoms with Crippen LogP contribution in [0.4, 0.5) is 13.2 Å². The molecule has 32 heavy (non-hydrogen) atoms. The monoisotopic (exact) mass is 523 g/mol. The Morgan fingerprint density at radius 1 is 1.16 bits per heavy atom. The van der Waals surface area contributed by atoms with Crippen molar-refractivity contribution in [3.8, 4) is 0 Å². The van der Waals surface area contributed by atoms with E-state index in [-0.39, 0.29) is 121 Å². The number of rotatable bonds is 5. The molecule has 0 saturated carbocycles. The first kappa shape index (κ1) is 32.6. The Hall–Kier alpha value is 0.573. The Morgan fingerprint density at radius 3 is 2.28 bits per heavy atom. The minimum Gasteiger partial charge on any atom is -0.790 e. The summed E-state index contributed by atoms with van der Waals surface area (Å²) < 4.78 is 51.7. The molecule has 0 fully saturated rings. The van der Waals surface area contributed by atoms with Gasteiger partial charge in [-0.1, -0.05) is 13.0 Å². The van der Waals surface area contributed by atoms with E-state index >= 15 is 0 Å². The van der Waals surface area contributed by atoms with Gasteiger partial charge in [0, 0.05) is 17.5 Å². The van der Waals surface area contributed by atoms with Crippen LogP contribution in [0, 0.1) is 17.5 Å². The average Bonchev–Trinajstić information content (AvgIpc) is 3.12. The van der Waals surface area contributed by atoms with E-state index in [1.807, 2.05) is 0 Å². The second-order valence-corrected chi connectivity index (χ2v) is 7.02. The van der Waals surface area contributed by atoms with Gasteiger partial charge in [-0.25, -0.2) is 32.8 Å². The molecule has 0 saturated heterocycles. The number of phosphoric acid groups is 1. The van der Waals surface area contributed by atoms with Crippen LogP contribution in [-0.4, -0.2) is 34.7 Å². The number of nitrogens with zero attached hydrogens (tertiary/aromatic N) is 5. The molecule has 2 aromatic heterocycles. The quantitative estimate of drug-likeness (QED) is 0.245. The molecule has 2 atom stereocenters. The fourth-order valence-electron chi connectivity index (χ4n) is 2.72. The van der Waals surface area contributed by atoms with E-state index < -0.39 is 36.8 Å². The standard InChI is InChI=1S/C16H14F3N5O.2K.H3O4P/c1-10(15-14(19)5-20-7-22-15)16(25,6-24-9-21-8-23-24)12-3-2-11(17)4-13(12)18;;;1-5(2,3)4/h2-5,7-10,25H,6H2,1H3;;;(H3,1,2,3,4)/q;2*+1;/p-2/t10-,16+;;;/m0.../s1. The van der Waals surface area contributed by atoms with Gasteiger partial charge < -0.3 is 24.4 Å². The summed E-state index contributed by atoms with van der Waals surface area (Å²) in [5, 5.41) is 15.2. The summed E-state index contributed by atoms with van der Waals surface area (Å²) in [7, 11) is -5.14. The summed E-state index contributed by atoms with van der Waals surface area (Å²) in [4.78, 5) is 35.5. The van der Waals surface area contributed by atoms with Crippen molar-refractivity contribution in [1.82, 2.24) is 24.7 Å². The van der Waals surface area contributed by atoms with Crippen molar-refractivity contribution in [2.45, 2.75) is 25.0 Å². The Balaban J connectivity index is 0.00000124. The van der Waals surface area contributed by atoms with Crippen LogP contribution in [0.2, 0.25) is 0 Å². The molecule has 0 amide bonds. The fourth-order valence-corrected chi connectivity index (χ4v) is 2.72. The van der Waals surface area contributed by atoms with Crippen molar-refractivity contribution < 1.29 is 140 Å². The van der Waals surface area contributed by atoms with Crippen LogP contribution < -0.4 is 113 Å². The van der Waals surface area contributed by atoms with Crippen LogP contribution in [0.3, 0.4) is 0 Å². The van der Waals surface area contributed by atoms with E-state index in [0.717, 1.165) is 24.7 Å². The molecule has 3 rings (SSSR count). The van der Waals surface area contributed by atoms with Crippen LogP contribution >= 0.6 is 7.82 Å². The third-order valence-electron chi connectivity index (χ3n) is 4.09. The Labute approximate surface area is 265 Å². The molecule has 0 spiro atoms. The predicted octanol–water partition coefficient (Wildman–Crippen LogP) is -6.01. The van der Waals surface area contributed by atoms with Crippen molar-refractivity contribution in [3.63, 3.8) is 0 Å². The zero-order valence-electron chi connectivity index (χ0n) is 17.3. The Morgan fingerprint density at radius 2 is 1.78 bits per heavy atom. The van der Waals surface area contributed by atoms with Gasteiger partial charge in [0.2, 0.25) is 0 Å². The van der Waals surface area contributed by atoms with Crippen molar-refractivity contribution in [2.24, 2.45) is 0 Å². The summed E-state index contributed by atoms with van der Waals surface area (Å²) in [5.74, 6) is -3.47. The van der Waals surface area contributed by atoms with E-state index in [2.05, 4.69) is 20.1 Å². The third kappa shape index (κ3) is 9.67. The van der Waals surface area contributed by atoms with Crippen molar-refractivity contribution in [1.29, 1.82) is 0 Å². The van der Waals surface area contributed by atoms with Crippen LogP contribution in [0.15, 0.2) is 43.4 Å². The smallest absolute Gasteiger partial charge is 0.790 e. The molecule has 3 aromatic rings. The SMILES string of the molecule is C[C@@H](c1ncncc1F)[C@](O)(Cn1cncn1)c1ccc(F)cc1F.O=P([O-])([O-])O.[K+].[K+]. The van der Waals surface area contributed by atoms with Gasteiger partial charge in [-0.2, -0.15) is 5.10 Å². The van der Waals surface area contributed by atoms with Crippen LogP contribution in [0.25, 0.3) is 0 Å². The second-order valence-electron chi connectivity index (χ2n) is 6.09. The number of halogens is 3. The molecule has 0 bridgehead atoms. The maximum Gasteiger partial charge on any atom is 1.00 e. The first-order chi connectivity index (χ1) is 13.9. The van der Waals surface area contributed by atoms with Gasteiger partial charge in [-0.05, 0) is 6.07 Å². The first-order valence-corrected chi connectivity index (χ1v) is 9.62. The van der Waals surface area contributed by atoms with E-state index in [1.54, 1.807) is 0 Å². The summed E-state index contributed by atoms with van der Waals surface area (Å²) in [6, 6.07) is 2.80. The van der Waals surface area contributed by atoms with Gasteiger partial charge in [0.05, 0.1) is 26.3 Å². The Bertz CT molecular complexity index is 1040. The Kier molecular flexibility index (Phi) is 14.5. The van der Waals surface area contributed by atoms with Gasteiger partial charge in [-0.3, -0.25) is 0 Å². The normalized spacial score (nSPS) is 13.5. The zero-order valence-corrected chi connectivity index (χ0v) is 24.4. The molecule has 0 aliphatic heterocycles. The first-order valence-electron chi connectivity index (χ1n) is 8.12. The second kappa shape index (κ2) is 14.2. The number of aliphatic hydroxyl groups is 1. The van der Waals surface area contributed by atoms with Crippen LogP contribution in [0.1, 0.15) is 24.1 Å². The molecule has 2 N–H and O–H groups in total. The molecule has 16 heteroatoms. The number of hydrogen-bond acceptors (Lipinski definition) is 8. The summed E-state index contributed by atoms with van der Waals surface area (Å²) in [5.41, 5.74) is -2.25. The maximum atomic E-state index is 14.4. The topological polar surface area (TPSA) is 160 Å². The minimum absolute atomic E-state index is 0. The number of benzene rings is 1. The van der Waals surface area contributed by atoms with Crippen LogP contribution in [0.5, 0.6) is 0 Å². The van der Waals surface area contributed by atoms with Gasteiger partial charge in [0.25, 0.3) is 0 Å². The van der Waals surface area contributed by atoms with Crippen molar-refractivity contribution in [3.05, 3.63) is 72.1 Å². The average molecular weight is 523 g/mol. The van der Waals surface area contributed by atoms with E-state index in [1.165, 1.54) is 24.3 Å². The third-order valence-corrected chi connectivity index (χ3v) is 4.09. The zero-order chi connectivity index (χ0) is 22.5. The maximum absolute atomic E-state index is 14.4. The van der Waals surface area contributed by atoms with E-state index in [9.17, 15) is 18.3 Å². The summed E-state index contributed by atoms with van der Waals surface area (Å²) in [6.07, 6.45) is 4.66. The van der Waals surface area contributed by atoms with Gasteiger partial charge in [0.15, 0.2) is 5.82 Å². The largest absolute Gasteiger partial charge is 1.00 e. The van der Waals surface area contributed by atoms with Crippen molar-refractivity contribution in [2.75, 3.05) is 0 Å². The molecular weight excluding hydrogens is 508 g/mol. The van der Waals surface area contributed by atoms with E-state index in [4.69, 9.17) is 19.2 Å². The molecule has 0 unspecified atom stereocenters. The van der Waals surface area contributed by atoms with Gasteiger partial charge >= 0.3 is 103 Å². The predicted molar refractivity (Wildman–Crippen MR) is 90.5 cm³/mol. The molecule has 0 aliphatic carbocycles. The molecule has 0 aliphatic rings. The summed E-state index contributed by atoms with van der Waals surface area (Å²) >= 11 is 0. The number of hydrogen-bond donors (Lipinski definition) is 2. The molecule has 2 heterocycles. The fraction of sp³-hybridized carbons (Fsp3) is 0.250. The minimum atomic E-state index is -5.14. The molecule has 0 radical (unpaired) electrons. The van der Waals surface area contributed by atoms with Crippen LogP contribution in [-0.2, 0) is 16.7 Å². The van der Waals surface area contributed by atoms with Gasteiger partial charge in [0.1, 0.15) is 36.2 Å². The molecule has 162 valence electrons. The molecule has 1 aromatic carbocycles. The number of aromatic nitrogens is 5.